The van der Waals surface area contributed by atoms with Gasteiger partial charge in [-0.15, -0.1) is 0 Å². The van der Waals surface area contributed by atoms with E-state index >= 15 is 0 Å². The minimum absolute atomic E-state index is 0.0250. The Morgan fingerprint density at radius 2 is 1.97 bits per heavy atom. The molecular formula is C24H22F3N3O5S. The molecule has 0 aliphatic heterocycles. The monoisotopic (exact) mass is 521 g/mol. The fourth-order valence-corrected chi connectivity index (χ4v) is 5.84. The van der Waals surface area contributed by atoms with E-state index in [-0.39, 0.29) is 28.6 Å². The van der Waals surface area contributed by atoms with Crippen LogP contribution >= 0.6 is 0 Å². The lowest BCUT2D eigenvalue weighted by atomic mass is 9.88. The fourth-order valence-electron chi connectivity index (χ4n) is 4.81. The number of aromatic nitrogens is 2. The molecule has 3 aromatic rings. The summed E-state index contributed by atoms with van der Waals surface area (Å²) in [4.78, 5) is 13.0. The van der Waals surface area contributed by atoms with E-state index < -0.39 is 28.0 Å². The van der Waals surface area contributed by atoms with Gasteiger partial charge in [0.15, 0.2) is 5.82 Å². The zero-order chi connectivity index (χ0) is 25.8. The van der Waals surface area contributed by atoms with Crippen LogP contribution in [0.4, 0.5) is 19.0 Å². The molecule has 0 bridgehead atoms. The van der Waals surface area contributed by atoms with E-state index in [0.29, 0.717) is 34.4 Å². The second-order valence-corrected chi connectivity index (χ2v) is 10.7. The number of hydrogen-bond acceptors (Lipinski definition) is 6. The summed E-state index contributed by atoms with van der Waals surface area (Å²) >= 11 is 0. The van der Waals surface area contributed by atoms with Crippen LogP contribution in [0.2, 0.25) is 0 Å². The number of hydrogen-bond donors (Lipinski definition) is 1. The lowest BCUT2D eigenvalue weighted by molar-refractivity contribution is -0.150. The van der Waals surface area contributed by atoms with E-state index in [1.807, 2.05) is 6.92 Å². The van der Waals surface area contributed by atoms with Gasteiger partial charge in [-0.25, -0.2) is 8.42 Å². The summed E-state index contributed by atoms with van der Waals surface area (Å²) in [6.07, 6.45) is -0.981. The zero-order valence-electron chi connectivity index (χ0n) is 19.2. The summed E-state index contributed by atoms with van der Waals surface area (Å²) in [6.45, 7) is 1.83. The first-order valence-corrected chi connectivity index (χ1v) is 12.6. The van der Waals surface area contributed by atoms with Gasteiger partial charge in [-0.2, -0.15) is 13.2 Å². The zero-order valence-corrected chi connectivity index (χ0v) is 20.1. The third-order valence-electron chi connectivity index (χ3n) is 6.58. The number of anilines is 1. The maximum absolute atomic E-state index is 13.1. The molecule has 2 unspecified atom stereocenters. The Bertz CT molecular complexity index is 1560. The fraction of sp³-hybridized carbons (Fsp3) is 0.333. The van der Waals surface area contributed by atoms with Crippen molar-refractivity contribution in [3.8, 4) is 0 Å². The molecule has 2 aromatic heterocycles. The van der Waals surface area contributed by atoms with Gasteiger partial charge in [0.2, 0.25) is 0 Å². The summed E-state index contributed by atoms with van der Waals surface area (Å²) in [5.74, 6) is -1.89. The number of rotatable bonds is 6. The molecule has 8 nitrogen and oxygen atoms in total. The number of nitrogens with zero attached hydrogens (tertiary/aromatic N) is 2. The molecule has 0 saturated heterocycles. The van der Waals surface area contributed by atoms with E-state index in [1.54, 1.807) is 6.08 Å². The summed E-state index contributed by atoms with van der Waals surface area (Å²) < 4.78 is 78.9. The Labute approximate surface area is 204 Å². The number of halogens is 3. The van der Waals surface area contributed by atoms with Gasteiger partial charge in [0.25, 0.3) is 15.6 Å². The largest absolute Gasteiger partial charge is 0.495 e. The molecule has 190 valence electrons. The average Bonchev–Trinajstić information content (AvgIpc) is 3.50. The van der Waals surface area contributed by atoms with Gasteiger partial charge in [0.1, 0.15) is 12.0 Å². The van der Waals surface area contributed by atoms with Crippen LogP contribution in [0.1, 0.15) is 19.8 Å². The van der Waals surface area contributed by atoms with Crippen LogP contribution in [0.3, 0.4) is 0 Å². The third kappa shape index (κ3) is 4.29. The average molecular weight is 522 g/mol. The van der Waals surface area contributed by atoms with Gasteiger partial charge in [0, 0.05) is 23.4 Å². The first-order chi connectivity index (χ1) is 17.0. The summed E-state index contributed by atoms with van der Waals surface area (Å²) in [5.41, 5.74) is 1.24. The van der Waals surface area contributed by atoms with Gasteiger partial charge in [-0.3, -0.25) is 14.1 Å². The Balaban J connectivity index is 1.57. The summed E-state index contributed by atoms with van der Waals surface area (Å²) in [5, 5.41) is 4.02. The number of nitrogens with one attached hydrogen (secondary N) is 1. The number of benzene rings is 1. The second-order valence-electron chi connectivity index (χ2n) is 8.99. The lowest BCUT2D eigenvalue weighted by Crippen LogP contribution is -2.26. The molecule has 2 heterocycles. The predicted molar refractivity (Wildman–Crippen MR) is 125 cm³/mol. The molecule has 0 radical (unpaired) electrons. The summed E-state index contributed by atoms with van der Waals surface area (Å²) in [6, 6.07) is 8.49. The smallest absolute Gasteiger partial charge is 0.392 e. The van der Waals surface area contributed by atoms with Crippen molar-refractivity contribution in [2.75, 3.05) is 11.8 Å². The lowest BCUT2D eigenvalue weighted by Gasteiger charge is -2.27. The maximum Gasteiger partial charge on any atom is 0.392 e. The molecular weight excluding hydrogens is 499 g/mol. The number of methoxy groups -OCH3 is 1. The number of allylic oxidation sites excluding steroid dienone is 3. The Morgan fingerprint density at radius 3 is 2.61 bits per heavy atom. The van der Waals surface area contributed by atoms with E-state index in [2.05, 4.69) is 14.4 Å². The molecule has 0 amide bonds. The highest BCUT2D eigenvalue weighted by Crippen LogP contribution is 2.56. The Kier molecular flexibility index (Phi) is 5.73. The van der Waals surface area contributed by atoms with Crippen LogP contribution in [0, 0.1) is 17.8 Å². The van der Waals surface area contributed by atoms with Crippen molar-refractivity contribution in [1.29, 1.82) is 0 Å². The van der Waals surface area contributed by atoms with Crippen molar-refractivity contribution >= 4 is 32.4 Å². The topological polar surface area (TPSA) is 103 Å². The van der Waals surface area contributed by atoms with Crippen molar-refractivity contribution in [3.63, 3.8) is 0 Å². The SMILES string of the molecule is COC1=C(n2c(=O)ccc3cc(S(=O)(=O)Nc4ccon4)ccc32)C(C)CC(C2C[C@H]2C(F)(F)F)=C1. The van der Waals surface area contributed by atoms with Crippen molar-refractivity contribution in [1.82, 2.24) is 9.72 Å². The van der Waals surface area contributed by atoms with E-state index in [9.17, 15) is 26.4 Å². The molecule has 1 fully saturated rings. The first-order valence-electron chi connectivity index (χ1n) is 11.1. The Morgan fingerprint density at radius 1 is 1.19 bits per heavy atom. The molecule has 3 atom stereocenters. The quantitative estimate of drug-likeness (QED) is 0.501. The molecule has 1 aromatic carbocycles. The molecule has 5 rings (SSSR count). The van der Waals surface area contributed by atoms with Crippen molar-refractivity contribution in [2.45, 2.75) is 30.8 Å². The van der Waals surface area contributed by atoms with Gasteiger partial charge >= 0.3 is 6.18 Å². The number of alkyl halides is 3. The van der Waals surface area contributed by atoms with Crippen molar-refractivity contribution in [2.24, 2.45) is 17.8 Å². The molecule has 1 saturated carbocycles. The highest BCUT2D eigenvalue weighted by Gasteiger charge is 2.57. The molecule has 12 heteroatoms. The van der Waals surface area contributed by atoms with Crippen LogP contribution in [0.15, 0.2) is 74.3 Å². The van der Waals surface area contributed by atoms with E-state index in [0.717, 1.165) is 0 Å². The van der Waals surface area contributed by atoms with E-state index in [1.165, 1.54) is 54.3 Å². The number of pyridine rings is 1. The standard InChI is InChI=1S/C24H22F3N3O5S/c1-13-9-15(17-12-18(17)24(25,26)27)11-20(34-2)23(13)30-19-5-4-16(10-14(19)3-6-22(30)31)36(32,33)29-21-7-8-35-28-21/h3-8,10-11,13,17-18H,9,12H2,1-2H3,(H,28,29)/t13?,17?,18-/m1/s1. The van der Waals surface area contributed by atoms with Gasteiger partial charge in [-0.05, 0) is 49.1 Å². The predicted octanol–water partition coefficient (Wildman–Crippen LogP) is 4.77. The van der Waals surface area contributed by atoms with E-state index in [4.69, 9.17) is 4.74 Å². The van der Waals surface area contributed by atoms with Crippen molar-refractivity contribution in [3.05, 3.63) is 70.4 Å². The maximum atomic E-state index is 13.1. The normalized spacial score (nSPS) is 22.5. The number of ether oxygens (including phenoxy) is 1. The minimum atomic E-state index is -4.24. The number of fused-ring (bicyclic) bond motifs is 1. The minimum Gasteiger partial charge on any atom is -0.495 e. The molecule has 2 aliphatic carbocycles. The van der Waals surface area contributed by atoms with Crippen LogP contribution in [0.5, 0.6) is 0 Å². The molecule has 0 spiro atoms. The van der Waals surface area contributed by atoms with Crippen molar-refractivity contribution < 1.29 is 30.8 Å². The first kappa shape index (κ1) is 24.2. The van der Waals surface area contributed by atoms with Crippen LogP contribution in [-0.4, -0.2) is 31.4 Å². The number of sulfonamides is 1. The van der Waals surface area contributed by atoms with Crippen LogP contribution in [0.25, 0.3) is 16.6 Å². The highest BCUT2D eigenvalue weighted by atomic mass is 32.2. The van der Waals surface area contributed by atoms with Crippen LogP contribution < -0.4 is 10.3 Å². The summed E-state index contributed by atoms with van der Waals surface area (Å²) in [7, 11) is -2.57. The highest BCUT2D eigenvalue weighted by molar-refractivity contribution is 7.92. The third-order valence-corrected chi connectivity index (χ3v) is 7.93. The van der Waals surface area contributed by atoms with Gasteiger partial charge in [-0.1, -0.05) is 17.7 Å². The Hall–Kier alpha value is -3.54. The molecule has 2 aliphatic rings. The molecule has 1 N–H and O–H groups in total. The van der Waals surface area contributed by atoms with Crippen LogP contribution in [-0.2, 0) is 14.8 Å². The second kappa shape index (κ2) is 8.54. The molecule has 36 heavy (non-hydrogen) atoms. The van der Waals surface area contributed by atoms with Gasteiger partial charge in [0.05, 0.1) is 29.1 Å². The van der Waals surface area contributed by atoms with Gasteiger partial charge < -0.3 is 9.26 Å².